The highest BCUT2D eigenvalue weighted by molar-refractivity contribution is 5.92. The maximum atomic E-state index is 12.8. The molecule has 0 saturated heterocycles. The van der Waals surface area contributed by atoms with Crippen LogP contribution in [-0.4, -0.2) is 23.2 Å². The van der Waals surface area contributed by atoms with Crippen molar-refractivity contribution in [2.24, 2.45) is 5.92 Å². The minimum absolute atomic E-state index is 0.0319. The molecule has 0 aromatic heterocycles. The van der Waals surface area contributed by atoms with Crippen molar-refractivity contribution < 1.29 is 14.3 Å². The maximum Gasteiger partial charge on any atom is 0.244 e. The average Bonchev–Trinajstić information content (AvgIpc) is 2.49. The molecule has 21 heavy (non-hydrogen) atoms. The van der Waals surface area contributed by atoms with E-state index in [1.807, 2.05) is 0 Å². The van der Waals surface area contributed by atoms with Gasteiger partial charge in [-0.1, -0.05) is 19.1 Å². The summed E-state index contributed by atoms with van der Waals surface area (Å²) in [5.74, 6) is 0.131. The maximum absolute atomic E-state index is 12.8. The van der Waals surface area contributed by atoms with Crippen LogP contribution in [0.3, 0.4) is 0 Å². The number of carbonyl (C=O) groups is 1. The molecule has 0 radical (unpaired) electrons. The van der Waals surface area contributed by atoms with Crippen LogP contribution >= 0.6 is 0 Å². The zero-order valence-electron chi connectivity index (χ0n) is 12.3. The van der Waals surface area contributed by atoms with Gasteiger partial charge >= 0.3 is 0 Å². The molecule has 1 amide bonds. The minimum Gasteiger partial charge on any atom is -0.394 e. The Labute approximate surface area is 124 Å². The molecule has 2 rings (SSSR count). The predicted molar refractivity (Wildman–Crippen MR) is 81.0 cm³/mol. The van der Waals surface area contributed by atoms with Crippen LogP contribution in [0.5, 0.6) is 0 Å². The lowest BCUT2D eigenvalue weighted by Gasteiger charge is -2.38. The normalized spacial score (nSPS) is 26.0. The first-order valence-corrected chi connectivity index (χ1v) is 7.40. The van der Waals surface area contributed by atoms with Crippen LogP contribution in [-0.2, 0) is 4.79 Å². The molecule has 3 nitrogen and oxygen atoms in total. The zero-order chi connectivity index (χ0) is 15.3. The lowest BCUT2D eigenvalue weighted by molar-refractivity contribution is -0.119. The predicted octanol–water partition coefficient (Wildman–Crippen LogP) is 2.90. The Hall–Kier alpha value is -1.68. The van der Waals surface area contributed by atoms with Crippen molar-refractivity contribution in [1.29, 1.82) is 0 Å². The van der Waals surface area contributed by atoms with E-state index >= 15 is 0 Å². The number of nitrogens with one attached hydrogen (secondary N) is 1. The zero-order valence-corrected chi connectivity index (χ0v) is 12.3. The smallest absolute Gasteiger partial charge is 0.244 e. The van der Waals surface area contributed by atoms with Gasteiger partial charge in [-0.25, -0.2) is 4.39 Å². The Morgan fingerprint density at radius 2 is 2.00 bits per heavy atom. The Kier molecular flexibility index (Phi) is 5.12. The summed E-state index contributed by atoms with van der Waals surface area (Å²) in [6, 6.07) is 5.94. The number of rotatable bonds is 4. The molecular formula is C17H22FNO2. The molecule has 0 unspecified atom stereocenters. The molecule has 0 spiro atoms. The van der Waals surface area contributed by atoms with Crippen molar-refractivity contribution in [3.63, 3.8) is 0 Å². The molecule has 0 aliphatic heterocycles. The lowest BCUT2D eigenvalue weighted by Crippen LogP contribution is -2.52. The van der Waals surface area contributed by atoms with E-state index in [4.69, 9.17) is 0 Å². The molecule has 0 atom stereocenters. The van der Waals surface area contributed by atoms with E-state index in [2.05, 4.69) is 12.2 Å². The Morgan fingerprint density at radius 1 is 1.38 bits per heavy atom. The number of aliphatic hydroxyl groups excluding tert-OH is 1. The standard InChI is InChI=1S/C17H22FNO2/c1-13-8-10-17(12-20,11-9-13)19-16(21)7-4-14-2-5-15(18)6-3-14/h2-7,13,20H,8-12H2,1H3,(H,19,21). The van der Waals surface area contributed by atoms with Gasteiger partial charge in [-0.05, 0) is 55.4 Å². The number of halogens is 1. The van der Waals surface area contributed by atoms with Crippen molar-refractivity contribution in [2.45, 2.75) is 38.1 Å². The second kappa shape index (κ2) is 6.85. The van der Waals surface area contributed by atoms with Crippen LogP contribution < -0.4 is 5.32 Å². The summed E-state index contributed by atoms with van der Waals surface area (Å²) in [6.07, 6.45) is 6.72. The molecule has 1 aliphatic rings. The highest BCUT2D eigenvalue weighted by atomic mass is 19.1. The van der Waals surface area contributed by atoms with E-state index in [1.54, 1.807) is 18.2 Å². The van der Waals surface area contributed by atoms with E-state index in [-0.39, 0.29) is 18.3 Å². The average molecular weight is 291 g/mol. The van der Waals surface area contributed by atoms with E-state index in [9.17, 15) is 14.3 Å². The molecule has 0 heterocycles. The first-order chi connectivity index (χ1) is 10.0. The van der Waals surface area contributed by atoms with Gasteiger partial charge in [0.15, 0.2) is 0 Å². The highest BCUT2D eigenvalue weighted by Crippen LogP contribution is 2.31. The van der Waals surface area contributed by atoms with Gasteiger partial charge in [0, 0.05) is 6.08 Å². The molecular weight excluding hydrogens is 269 g/mol. The summed E-state index contributed by atoms with van der Waals surface area (Å²) < 4.78 is 12.8. The van der Waals surface area contributed by atoms with Gasteiger partial charge in [-0.2, -0.15) is 0 Å². The van der Waals surface area contributed by atoms with Crippen molar-refractivity contribution in [1.82, 2.24) is 5.32 Å². The third-order valence-electron chi connectivity index (χ3n) is 4.22. The molecule has 1 aromatic rings. The summed E-state index contributed by atoms with van der Waals surface area (Å²) in [7, 11) is 0. The molecule has 114 valence electrons. The molecule has 1 aliphatic carbocycles. The molecule has 1 saturated carbocycles. The lowest BCUT2D eigenvalue weighted by atomic mass is 9.77. The minimum atomic E-state index is -0.489. The van der Waals surface area contributed by atoms with E-state index < -0.39 is 5.54 Å². The SMILES string of the molecule is CC1CCC(CO)(NC(=O)C=Cc2ccc(F)cc2)CC1. The van der Waals surface area contributed by atoms with Crippen LogP contribution in [0.2, 0.25) is 0 Å². The fourth-order valence-corrected chi connectivity index (χ4v) is 2.69. The molecule has 0 bridgehead atoms. The number of aliphatic hydroxyl groups is 1. The molecule has 2 N–H and O–H groups in total. The van der Waals surface area contributed by atoms with Crippen LogP contribution in [0, 0.1) is 11.7 Å². The monoisotopic (exact) mass is 291 g/mol. The summed E-state index contributed by atoms with van der Waals surface area (Å²) in [4.78, 5) is 12.0. The van der Waals surface area contributed by atoms with Gasteiger partial charge in [0.2, 0.25) is 5.91 Å². The number of carbonyl (C=O) groups excluding carboxylic acids is 1. The fourth-order valence-electron chi connectivity index (χ4n) is 2.69. The van der Waals surface area contributed by atoms with E-state index in [0.29, 0.717) is 5.92 Å². The number of benzene rings is 1. The van der Waals surface area contributed by atoms with Crippen LogP contribution in [0.4, 0.5) is 4.39 Å². The van der Waals surface area contributed by atoms with Crippen molar-refractivity contribution in [3.8, 4) is 0 Å². The van der Waals surface area contributed by atoms with Gasteiger partial charge in [0.25, 0.3) is 0 Å². The quantitative estimate of drug-likeness (QED) is 0.838. The summed E-state index contributed by atoms with van der Waals surface area (Å²) >= 11 is 0. The summed E-state index contributed by atoms with van der Waals surface area (Å²) in [5, 5.41) is 12.5. The summed E-state index contributed by atoms with van der Waals surface area (Å²) in [5.41, 5.74) is 0.276. The Bertz CT molecular complexity index is 502. The largest absolute Gasteiger partial charge is 0.394 e. The number of hydrogen-bond donors (Lipinski definition) is 2. The number of hydrogen-bond acceptors (Lipinski definition) is 2. The van der Waals surface area contributed by atoms with Crippen molar-refractivity contribution in [2.75, 3.05) is 6.61 Å². The fraction of sp³-hybridized carbons (Fsp3) is 0.471. The van der Waals surface area contributed by atoms with E-state index in [0.717, 1.165) is 31.2 Å². The van der Waals surface area contributed by atoms with Gasteiger partial charge in [-0.15, -0.1) is 0 Å². The second-order valence-corrected chi connectivity index (χ2v) is 6.00. The second-order valence-electron chi connectivity index (χ2n) is 6.00. The van der Waals surface area contributed by atoms with Gasteiger partial charge in [0.05, 0.1) is 12.1 Å². The van der Waals surface area contributed by atoms with Crippen LogP contribution in [0.15, 0.2) is 30.3 Å². The third kappa shape index (κ3) is 4.39. The van der Waals surface area contributed by atoms with Gasteiger partial charge < -0.3 is 10.4 Å². The van der Waals surface area contributed by atoms with Crippen molar-refractivity contribution >= 4 is 12.0 Å². The summed E-state index contributed by atoms with van der Waals surface area (Å²) in [6.45, 7) is 2.16. The van der Waals surface area contributed by atoms with Gasteiger partial charge in [0.1, 0.15) is 5.82 Å². The molecule has 4 heteroatoms. The highest BCUT2D eigenvalue weighted by Gasteiger charge is 2.34. The van der Waals surface area contributed by atoms with Crippen molar-refractivity contribution in [3.05, 3.63) is 41.7 Å². The van der Waals surface area contributed by atoms with E-state index in [1.165, 1.54) is 18.2 Å². The topological polar surface area (TPSA) is 49.3 Å². The third-order valence-corrected chi connectivity index (χ3v) is 4.22. The Morgan fingerprint density at radius 3 is 2.57 bits per heavy atom. The molecule has 1 fully saturated rings. The Balaban J connectivity index is 1.95. The molecule has 1 aromatic carbocycles. The first-order valence-electron chi connectivity index (χ1n) is 7.40. The van der Waals surface area contributed by atoms with Gasteiger partial charge in [-0.3, -0.25) is 4.79 Å². The number of amides is 1. The first kappa shape index (κ1) is 15.7. The van der Waals surface area contributed by atoms with Crippen LogP contribution in [0.1, 0.15) is 38.2 Å². The van der Waals surface area contributed by atoms with Crippen LogP contribution in [0.25, 0.3) is 6.08 Å².